The highest BCUT2D eigenvalue weighted by molar-refractivity contribution is 5.95. The van der Waals surface area contributed by atoms with Gasteiger partial charge in [-0.2, -0.15) is 0 Å². The number of nitrogens with two attached hydrogens (primary N) is 2. The molecule has 0 spiro atoms. The van der Waals surface area contributed by atoms with Gasteiger partial charge in [-0.25, -0.2) is 0 Å². The molecule has 1 rings (SSSR count). The predicted octanol–water partition coefficient (Wildman–Crippen LogP) is -0.199. The maximum Gasteiger partial charge on any atom is 0.252 e. The van der Waals surface area contributed by atoms with Crippen molar-refractivity contribution in [2.75, 3.05) is 6.54 Å². The number of amides is 1. The zero-order valence-corrected chi connectivity index (χ0v) is 7.45. The molecular weight excluding hydrogens is 180 g/mol. The topological polar surface area (TPSA) is 89.3 Å². The monoisotopic (exact) mass is 190 g/mol. The minimum atomic E-state index is -0.682. The van der Waals surface area contributed by atoms with Gasteiger partial charge in [-0.05, 0) is 18.2 Å². The van der Waals surface area contributed by atoms with Gasteiger partial charge in [0.25, 0.3) is 5.91 Å². The minimum absolute atomic E-state index is 0.0637. The lowest BCUT2D eigenvalue weighted by molar-refractivity contribution is 0.0997. The van der Waals surface area contributed by atoms with Crippen LogP contribution >= 0.6 is 0 Å². The molecule has 0 aliphatic heterocycles. The molecule has 0 fully saturated rings. The first-order valence-electron chi connectivity index (χ1n) is 3.97. The van der Waals surface area contributed by atoms with Crippen molar-refractivity contribution in [3.63, 3.8) is 0 Å². The van der Waals surface area contributed by atoms with Gasteiger partial charge in [-0.15, -0.1) is 0 Å². The van der Waals surface area contributed by atoms with Crippen molar-refractivity contribution in [3.8, 4) is 17.6 Å². The van der Waals surface area contributed by atoms with Gasteiger partial charge in [0, 0.05) is 5.56 Å². The van der Waals surface area contributed by atoms with E-state index in [9.17, 15) is 9.90 Å². The first kappa shape index (κ1) is 10.1. The van der Waals surface area contributed by atoms with Crippen molar-refractivity contribution >= 4 is 5.91 Å². The summed E-state index contributed by atoms with van der Waals surface area (Å²) < 4.78 is 0. The van der Waals surface area contributed by atoms with Crippen LogP contribution in [-0.4, -0.2) is 17.6 Å². The second-order valence-electron chi connectivity index (χ2n) is 2.60. The Morgan fingerprint density at radius 1 is 1.50 bits per heavy atom. The van der Waals surface area contributed by atoms with Crippen LogP contribution in [0.5, 0.6) is 5.75 Å². The fraction of sp³-hybridized carbons (Fsp3) is 0.100. The highest BCUT2D eigenvalue weighted by Gasteiger charge is 2.06. The van der Waals surface area contributed by atoms with Crippen molar-refractivity contribution in [1.29, 1.82) is 0 Å². The molecule has 0 radical (unpaired) electrons. The van der Waals surface area contributed by atoms with E-state index in [1.54, 1.807) is 6.07 Å². The van der Waals surface area contributed by atoms with Crippen LogP contribution in [-0.2, 0) is 0 Å². The van der Waals surface area contributed by atoms with Crippen LogP contribution in [0.4, 0.5) is 0 Å². The number of phenols is 1. The van der Waals surface area contributed by atoms with Gasteiger partial charge in [0.2, 0.25) is 0 Å². The van der Waals surface area contributed by atoms with Crippen LogP contribution in [0.2, 0.25) is 0 Å². The third-order valence-corrected chi connectivity index (χ3v) is 1.60. The van der Waals surface area contributed by atoms with Crippen molar-refractivity contribution < 1.29 is 9.90 Å². The van der Waals surface area contributed by atoms with Gasteiger partial charge in [-0.3, -0.25) is 4.79 Å². The van der Waals surface area contributed by atoms with Crippen molar-refractivity contribution in [3.05, 3.63) is 29.3 Å². The summed E-state index contributed by atoms with van der Waals surface area (Å²) in [4.78, 5) is 10.8. The van der Waals surface area contributed by atoms with Gasteiger partial charge in [0.15, 0.2) is 0 Å². The number of carbonyl (C=O) groups is 1. The molecular formula is C10H10N2O2. The molecule has 0 aromatic heterocycles. The molecule has 14 heavy (non-hydrogen) atoms. The van der Waals surface area contributed by atoms with Crippen LogP contribution < -0.4 is 11.5 Å². The lowest BCUT2D eigenvalue weighted by Crippen LogP contribution is -2.11. The van der Waals surface area contributed by atoms with E-state index in [2.05, 4.69) is 11.8 Å². The van der Waals surface area contributed by atoms with Crippen molar-refractivity contribution in [2.45, 2.75) is 0 Å². The summed E-state index contributed by atoms with van der Waals surface area (Å²) in [6, 6.07) is 4.39. The molecule has 0 aliphatic carbocycles. The fourth-order valence-electron chi connectivity index (χ4n) is 0.964. The number of primary amides is 1. The Bertz CT molecular complexity index is 416. The molecule has 4 heteroatoms. The van der Waals surface area contributed by atoms with E-state index in [-0.39, 0.29) is 17.9 Å². The summed E-state index contributed by atoms with van der Waals surface area (Å²) in [5.74, 6) is 4.54. The summed E-state index contributed by atoms with van der Waals surface area (Å²) >= 11 is 0. The first-order chi connectivity index (χ1) is 6.65. The van der Waals surface area contributed by atoms with E-state index in [0.29, 0.717) is 5.56 Å². The standard InChI is InChI=1S/C10H10N2O2/c11-5-1-2-7-3-4-9(13)8(6-7)10(12)14/h3-4,6,13H,5,11H2,(H2,12,14). The van der Waals surface area contributed by atoms with E-state index in [4.69, 9.17) is 11.5 Å². The number of benzene rings is 1. The minimum Gasteiger partial charge on any atom is -0.507 e. The summed E-state index contributed by atoms with van der Waals surface area (Å²) in [7, 11) is 0. The Hall–Kier alpha value is -1.99. The SMILES string of the molecule is NCC#Cc1ccc(O)c(C(N)=O)c1. The zero-order chi connectivity index (χ0) is 10.6. The molecule has 0 bridgehead atoms. The first-order valence-corrected chi connectivity index (χ1v) is 3.97. The van der Waals surface area contributed by atoms with Crippen molar-refractivity contribution in [1.82, 2.24) is 0 Å². The smallest absolute Gasteiger partial charge is 0.252 e. The molecule has 0 aliphatic rings. The summed E-state index contributed by atoms with van der Waals surface area (Å²) in [6.45, 7) is 0.243. The van der Waals surface area contributed by atoms with Gasteiger partial charge in [0.05, 0.1) is 12.1 Å². The number of carbonyl (C=O) groups excluding carboxylic acids is 1. The molecule has 4 nitrogen and oxygen atoms in total. The molecule has 1 amide bonds. The third-order valence-electron chi connectivity index (χ3n) is 1.60. The van der Waals surface area contributed by atoms with Crippen molar-refractivity contribution in [2.24, 2.45) is 11.5 Å². The van der Waals surface area contributed by atoms with E-state index in [1.807, 2.05) is 0 Å². The number of aromatic hydroxyl groups is 1. The Labute approximate surface area is 81.5 Å². The molecule has 0 saturated heterocycles. The van der Waals surface area contributed by atoms with Gasteiger partial charge in [-0.1, -0.05) is 11.8 Å². The molecule has 1 aromatic carbocycles. The number of rotatable bonds is 1. The quantitative estimate of drug-likeness (QED) is 0.536. The molecule has 0 unspecified atom stereocenters. The van der Waals surface area contributed by atoms with Crippen LogP contribution in [0.3, 0.4) is 0 Å². The Balaban J connectivity index is 3.13. The van der Waals surface area contributed by atoms with Crippen LogP contribution in [0.1, 0.15) is 15.9 Å². The van der Waals surface area contributed by atoms with Crippen LogP contribution in [0.25, 0.3) is 0 Å². The lowest BCUT2D eigenvalue weighted by Gasteiger charge is -1.99. The van der Waals surface area contributed by atoms with Gasteiger partial charge >= 0.3 is 0 Å². The molecule has 5 N–H and O–H groups in total. The number of hydrogen-bond donors (Lipinski definition) is 3. The second-order valence-corrected chi connectivity index (χ2v) is 2.60. The highest BCUT2D eigenvalue weighted by atomic mass is 16.3. The lowest BCUT2D eigenvalue weighted by atomic mass is 10.1. The van der Waals surface area contributed by atoms with E-state index >= 15 is 0 Å². The maximum absolute atomic E-state index is 10.8. The summed E-state index contributed by atoms with van der Waals surface area (Å²) in [5, 5.41) is 9.26. The number of hydrogen-bond acceptors (Lipinski definition) is 3. The van der Waals surface area contributed by atoms with Gasteiger partial charge in [0.1, 0.15) is 5.75 Å². The van der Waals surface area contributed by atoms with Crippen LogP contribution in [0, 0.1) is 11.8 Å². The normalized spacial score (nSPS) is 8.93. The van der Waals surface area contributed by atoms with Crippen LogP contribution in [0.15, 0.2) is 18.2 Å². The average molecular weight is 190 g/mol. The van der Waals surface area contributed by atoms with Gasteiger partial charge < -0.3 is 16.6 Å². The maximum atomic E-state index is 10.8. The molecule has 0 heterocycles. The summed E-state index contributed by atoms with van der Waals surface area (Å²) in [6.07, 6.45) is 0. The molecule has 0 saturated carbocycles. The predicted molar refractivity (Wildman–Crippen MR) is 52.6 cm³/mol. The average Bonchev–Trinajstić information content (AvgIpc) is 2.16. The van der Waals surface area contributed by atoms with E-state index in [1.165, 1.54) is 12.1 Å². The Kier molecular flexibility index (Phi) is 3.10. The zero-order valence-electron chi connectivity index (χ0n) is 7.45. The Morgan fingerprint density at radius 2 is 2.21 bits per heavy atom. The fourth-order valence-corrected chi connectivity index (χ4v) is 0.964. The molecule has 0 atom stereocenters. The largest absolute Gasteiger partial charge is 0.507 e. The van der Waals surface area contributed by atoms with E-state index < -0.39 is 5.91 Å². The van der Waals surface area contributed by atoms with E-state index in [0.717, 1.165) is 0 Å². The Morgan fingerprint density at radius 3 is 2.79 bits per heavy atom. The third kappa shape index (κ3) is 2.25. The highest BCUT2D eigenvalue weighted by Crippen LogP contribution is 2.17. The second kappa shape index (κ2) is 4.30. The summed E-state index contributed by atoms with van der Waals surface area (Å²) in [5.41, 5.74) is 10.9. The molecule has 1 aromatic rings. The molecule has 72 valence electrons.